The van der Waals surface area contributed by atoms with Crippen molar-refractivity contribution in [2.24, 2.45) is 5.41 Å². The Morgan fingerprint density at radius 1 is 0.938 bits per heavy atom. The third-order valence-electron chi connectivity index (χ3n) is 8.10. The Labute approximate surface area is 287 Å². The summed E-state index contributed by atoms with van der Waals surface area (Å²) in [6, 6.07) is 20.6. The van der Waals surface area contributed by atoms with Crippen molar-refractivity contribution in [2.75, 3.05) is 20.8 Å². The minimum absolute atomic E-state index is 0.290. The molecule has 1 aromatic heterocycles. The van der Waals surface area contributed by atoms with Crippen molar-refractivity contribution >= 4 is 36.4 Å². The van der Waals surface area contributed by atoms with Crippen LogP contribution in [0.1, 0.15) is 72.9 Å². The second-order valence-electron chi connectivity index (χ2n) is 13.7. The average molecular weight is 667 g/mol. The van der Waals surface area contributed by atoms with Crippen molar-refractivity contribution in [3.8, 4) is 22.6 Å². The molecule has 0 radical (unpaired) electrons. The number of para-hydroxylation sites is 1. The number of benzene rings is 3. The maximum Gasteiger partial charge on any atom is 0.453 e. The molecule has 0 fully saturated rings. The predicted octanol–water partition coefficient (Wildman–Crippen LogP) is 11.1. The van der Waals surface area contributed by atoms with Crippen molar-refractivity contribution in [1.29, 1.82) is 0 Å². The van der Waals surface area contributed by atoms with Crippen LogP contribution in [-0.2, 0) is 10.2 Å². The van der Waals surface area contributed by atoms with Gasteiger partial charge < -0.3 is 22.4 Å². The first kappa shape index (κ1) is 36.7. The van der Waals surface area contributed by atoms with Gasteiger partial charge in [0.15, 0.2) is 5.75 Å². The molecule has 4 rings (SSSR count). The molecule has 0 saturated heterocycles. The number of rotatable bonds is 10. The van der Waals surface area contributed by atoms with Crippen LogP contribution in [0.2, 0.25) is 0 Å². The lowest BCUT2D eigenvalue weighted by atomic mass is 9.84. The van der Waals surface area contributed by atoms with E-state index in [1.807, 2.05) is 49.4 Å². The molecular weight excluding hydrogens is 615 g/mol. The van der Waals surface area contributed by atoms with Gasteiger partial charge in [0.2, 0.25) is 0 Å². The quantitative estimate of drug-likeness (QED) is 0.158. The Bertz CT molecular complexity index is 1970. The summed E-state index contributed by atoms with van der Waals surface area (Å²) in [6.07, 6.45) is 11.2. The molecule has 0 aliphatic rings. The third kappa shape index (κ3) is 8.27. The summed E-state index contributed by atoms with van der Waals surface area (Å²) in [5, 5.41) is 1.69. The zero-order valence-corrected chi connectivity index (χ0v) is 31.2. The molecule has 0 aliphatic carbocycles. The van der Waals surface area contributed by atoms with E-state index in [4.69, 9.17) is 22.4 Å². The minimum Gasteiger partial charge on any atom is -0.497 e. The van der Waals surface area contributed by atoms with Gasteiger partial charge in [-0.15, -0.1) is 0 Å². The fourth-order valence-corrected chi connectivity index (χ4v) is 6.77. The normalized spacial score (nSPS) is 14.0. The highest BCUT2D eigenvalue weighted by Crippen LogP contribution is 2.44. The van der Waals surface area contributed by atoms with Crippen LogP contribution >= 0.6 is 8.24 Å². The minimum atomic E-state index is -2.05. The van der Waals surface area contributed by atoms with Crippen LogP contribution in [0, 0.1) is 5.41 Å². The Balaban J connectivity index is 2.29. The van der Waals surface area contributed by atoms with Gasteiger partial charge in [-0.2, -0.15) is 0 Å². The molecule has 0 aliphatic heterocycles. The van der Waals surface area contributed by atoms with E-state index in [2.05, 4.69) is 104 Å². The number of hydrogen-bond acceptors (Lipinski definition) is 5. The van der Waals surface area contributed by atoms with E-state index in [-0.39, 0.29) is 10.8 Å². The molecule has 4 aromatic rings. The van der Waals surface area contributed by atoms with E-state index < -0.39 is 8.24 Å². The summed E-state index contributed by atoms with van der Waals surface area (Å²) in [7, 11) is 1.32. The van der Waals surface area contributed by atoms with Crippen molar-refractivity contribution in [3.05, 3.63) is 113 Å². The van der Waals surface area contributed by atoms with E-state index in [1.165, 1.54) is 0 Å². The van der Waals surface area contributed by atoms with E-state index in [1.54, 1.807) is 14.2 Å². The maximum atomic E-state index is 7.07. The van der Waals surface area contributed by atoms with Crippen LogP contribution in [0.3, 0.4) is 0 Å². The van der Waals surface area contributed by atoms with Crippen LogP contribution in [0.4, 0.5) is 0 Å². The maximum absolute atomic E-state index is 7.07. The van der Waals surface area contributed by atoms with Gasteiger partial charge in [0, 0.05) is 40.0 Å². The van der Waals surface area contributed by atoms with Crippen LogP contribution in [0.15, 0.2) is 99.9 Å². The largest absolute Gasteiger partial charge is 0.497 e. The fraction of sp³-hybridized carbons (Fsp3) is 0.333. The number of fused-ring (bicyclic) bond motifs is 1. The topological polar surface area (TPSA) is 54.0 Å². The van der Waals surface area contributed by atoms with E-state index in [0.717, 1.165) is 56.2 Å². The number of allylic oxidation sites excluding steroid dienone is 5. The number of ether oxygens (including phenoxy) is 2. The highest BCUT2D eigenvalue weighted by atomic mass is 31.1. The summed E-state index contributed by atoms with van der Waals surface area (Å²) in [6.45, 7) is 21.7. The van der Waals surface area contributed by atoms with E-state index >= 15 is 0 Å². The molecule has 1 atom stereocenters. The van der Waals surface area contributed by atoms with Crippen LogP contribution in [0.5, 0.6) is 11.5 Å². The lowest BCUT2D eigenvalue weighted by molar-refractivity contribution is 0.243. The van der Waals surface area contributed by atoms with Gasteiger partial charge in [-0.25, -0.2) is 0 Å². The van der Waals surface area contributed by atoms with Gasteiger partial charge in [-0.3, -0.25) is 0 Å². The Morgan fingerprint density at radius 3 is 2.25 bits per heavy atom. The lowest BCUT2D eigenvalue weighted by Crippen LogP contribution is -2.30. The van der Waals surface area contributed by atoms with Crippen molar-refractivity contribution in [1.82, 2.24) is 0 Å². The molecule has 0 saturated carbocycles. The predicted molar refractivity (Wildman–Crippen MR) is 204 cm³/mol. The first-order valence-corrected chi connectivity index (χ1v) is 17.6. The molecular formula is C42H51O5P. The molecule has 0 bridgehead atoms. The fourth-order valence-electron chi connectivity index (χ4n) is 5.62. The molecule has 254 valence electrons. The first-order chi connectivity index (χ1) is 22.9. The van der Waals surface area contributed by atoms with Gasteiger partial charge in [-0.05, 0) is 53.5 Å². The summed E-state index contributed by atoms with van der Waals surface area (Å²) in [4.78, 5) is 0. The Morgan fingerprint density at radius 2 is 1.67 bits per heavy atom. The highest BCUT2D eigenvalue weighted by Gasteiger charge is 2.25. The molecule has 3 aromatic carbocycles. The van der Waals surface area contributed by atoms with Crippen molar-refractivity contribution in [3.63, 3.8) is 0 Å². The molecule has 48 heavy (non-hydrogen) atoms. The molecule has 1 heterocycles. The molecule has 0 spiro atoms. The summed E-state index contributed by atoms with van der Waals surface area (Å²) in [5.74, 6) is 1.42. The number of hydrogen-bond donors (Lipinski definition) is 0. The summed E-state index contributed by atoms with van der Waals surface area (Å²) < 4.78 is 32.5. The summed E-state index contributed by atoms with van der Waals surface area (Å²) >= 11 is 0. The van der Waals surface area contributed by atoms with Gasteiger partial charge in [0.25, 0.3) is 0 Å². The Hall–Kier alpha value is -4.18. The monoisotopic (exact) mass is 666 g/mol. The zero-order valence-electron chi connectivity index (χ0n) is 30.3. The average Bonchev–Trinajstić information content (AvgIpc) is 3.19. The SMILES string of the molecule is C=C/C(=c1/op(Oc2c(C(/C=C\CC)=C/C)cccc2-c2ccccc2)oc2c(C(C)(C)C)cc(OC)cc2/c1=C/COC)C(C)(C)C. The molecule has 0 amide bonds. The molecule has 1 unspecified atom stereocenters. The van der Waals surface area contributed by atoms with E-state index in [9.17, 15) is 0 Å². The smallest absolute Gasteiger partial charge is 0.453 e. The standard InChI is InChI=1S/C42H51O5P/c1-12-15-20-29(13-2)32-23-19-24-33(30-21-17-16-18-22-30)38(32)45-48-46-39(36(14-3)41(4,5)6)34(25-26-43-10)35-27-31(44-11)28-37(40(35)47-48)42(7,8)9/h13-25,27-28H,3,12,26H2,1-2,4-11H3/b20-15-,29-13+,34-25-,39-36-. The van der Waals surface area contributed by atoms with Gasteiger partial charge in [0.05, 0.1) is 13.7 Å². The van der Waals surface area contributed by atoms with Crippen LogP contribution < -0.4 is 19.9 Å². The second kappa shape index (κ2) is 15.8. The molecule has 6 heteroatoms. The zero-order chi connectivity index (χ0) is 35.1. The summed E-state index contributed by atoms with van der Waals surface area (Å²) in [5.41, 5.74) is 6.63. The molecule has 5 nitrogen and oxygen atoms in total. The lowest BCUT2D eigenvalue weighted by Gasteiger charge is -2.21. The first-order valence-electron chi connectivity index (χ1n) is 16.5. The van der Waals surface area contributed by atoms with Gasteiger partial charge in [-0.1, -0.05) is 128 Å². The van der Waals surface area contributed by atoms with Gasteiger partial charge in [0.1, 0.15) is 16.7 Å². The van der Waals surface area contributed by atoms with Crippen molar-refractivity contribution < 1.29 is 22.4 Å². The Kier molecular flexibility index (Phi) is 12.1. The third-order valence-corrected chi connectivity index (χ3v) is 9.10. The van der Waals surface area contributed by atoms with Gasteiger partial charge >= 0.3 is 8.24 Å². The van der Waals surface area contributed by atoms with Crippen LogP contribution in [0.25, 0.3) is 39.3 Å². The highest BCUT2D eigenvalue weighted by molar-refractivity contribution is 7.32. The van der Waals surface area contributed by atoms with Crippen LogP contribution in [-0.4, -0.2) is 20.8 Å². The number of methoxy groups -OCH3 is 2. The van der Waals surface area contributed by atoms with E-state index in [0.29, 0.717) is 23.4 Å². The molecule has 0 N–H and O–H groups in total. The van der Waals surface area contributed by atoms with Crippen molar-refractivity contribution in [2.45, 2.75) is 67.2 Å². The second-order valence-corrected chi connectivity index (χ2v) is 14.7.